The van der Waals surface area contributed by atoms with Gasteiger partial charge in [0.1, 0.15) is 0 Å². The Hall–Kier alpha value is -2.18. The summed E-state index contributed by atoms with van der Waals surface area (Å²) < 4.78 is 35.8. The molecular formula is C11H11F2NO4. The summed E-state index contributed by atoms with van der Waals surface area (Å²) in [7, 11) is 3.32. The van der Waals surface area contributed by atoms with E-state index >= 15 is 0 Å². The van der Waals surface area contributed by atoms with E-state index in [1.54, 1.807) is 0 Å². The average Bonchev–Trinajstić information content (AvgIpc) is 2.38. The molecule has 1 amide bonds. The number of nitrogens with zero attached hydrogens (tertiary/aromatic N) is 1. The molecule has 0 aliphatic carbocycles. The van der Waals surface area contributed by atoms with Crippen LogP contribution in [0.5, 0.6) is 5.75 Å². The zero-order chi connectivity index (χ0) is 13.9. The zero-order valence-electron chi connectivity index (χ0n) is 9.99. The van der Waals surface area contributed by atoms with Crippen LogP contribution < -0.4 is 9.64 Å². The maximum Gasteiger partial charge on any atom is 0.397 e. The molecule has 0 aliphatic heterocycles. The number of hydrogen-bond donors (Lipinski definition) is 0. The van der Waals surface area contributed by atoms with Gasteiger partial charge in [0.25, 0.3) is 0 Å². The van der Waals surface area contributed by atoms with Crippen molar-refractivity contribution in [3.8, 4) is 5.75 Å². The lowest BCUT2D eigenvalue weighted by atomic mass is 10.2. The summed E-state index contributed by atoms with van der Waals surface area (Å²) in [5.41, 5.74) is -0.385. The minimum Gasteiger partial charge on any atom is -0.494 e. The first kappa shape index (κ1) is 13.9. The van der Waals surface area contributed by atoms with Crippen LogP contribution in [0.4, 0.5) is 14.5 Å². The number of amides is 1. The second kappa shape index (κ2) is 5.44. The molecule has 0 bridgehead atoms. The highest BCUT2D eigenvalue weighted by molar-refractivity contribution is 6.37. The van der Waals surface area contributed by atoms with Crippen molar-refractivity contribution in [2.24, 2.45) is 0 Å². The van der Waals surface area contributed by atoms with Crippen molar-refractivity contribution in [3.05, 3.63) is 23.8 Å². The molecule has 0 aliphatic rings. The molecule has 1 aromatic rings. The van der Waals surface area contributed by atoms with Crippen LogP contribution in [0.3, 0.4) is 0 Å². The maximum atomic E-state index is 13.6. The van der Waals surface area contributed by atoms with Gasteiger partial charge in [-0.15, -0.1) is 0 Å². The van der Waals surface area contributed by atoms with E-state index in [9.17, 15) is 18.4 Å². The molecule has 1 aromatic carbocycles. The van der Waals surface area contributed by atoms with Gasteiger partial charge in [0, 0.05) is 19.2 Å². The highest BCUT2D eigenvalue weighted by atomic mass is 19.1. The normalized spacial score (nSPS) is 9.83. The van der Waals surface area contributed by atoms with Gasteiger partial charge in [0.15, 0.2) is 17.4 Å². The van der Waals surface area contributed by atoms with E-state index in [2.05, 4.69) is 9.47 Å². The number of ether oxygens (including phenoxy) is 2. The second-order valence-corrected chi connectivity index (χ2v) is 3.29. The van der Waals surface area contributed by atoms with Crippen molar-refractivity contribution in [3.63, 3.8) is 0 Å². The Morgan fingerprint density at radius 3 is 2.28 bits per heavy atom. The molecule has 7 heteroatoms. The van der Waals surface area contributed by atoms with Crippen LogP contribution in [0.1, 0.15) is 0 Å². The zero-order valence-corrected chi connectivity index (χ0v) is 9.99. The number of halogens is 2. The summed E-state index contributed by atoms with van der Waals surface area (Å²) in [6.45, 7) is 0. The van der Waals surface area contributed by atoms with Gasteiger partial charge in [-0.05, 0) is 0 Å². The second-order valence-electron chi connectivity index (χ2n) is 3.29. The molecule has 0 unspecified atom stereocenters. The number of hydrogen-bond acceptors (Lipinski definition) is 4. The predicted octanol–water partition coefficient (Wildman–Crippen LogP) is 1.11. The van der Waals surface area contributed by atoms with Gasteiger partial charge < -0.3 is 14.4 Å². The fourth-order valence-corrected chi connectivity index (χ4v) is 1.27. The molecule has 0 radical (unpaired) electrons. The third-order valence-electron chi connectivity index (χ3n) is 2.25. The van der Waals surface area contributed by atoms with Crippen molar-refractivity contribution >= 4 is 17.6 Å². The molecule has 98 valence electrons. The summed E-state index contributed by atoms with van der Waals surface area (Å²) in [5.74, 6) is -4.32. The molecule has 0 saturated heterocycles. The smallest absolute Gasteiger partial charge is 0.397 e. The largest absolute Gasteiger partial charge is 0.494 e. The molecule has 0 heterocycles. The number of carbonyl (C=O) groups excluding carboxylic acids is 2. The SMILES string of the molecule is COC(=O)C(=O)N(C)c1cc(F)c(OC)cc1F. The highest BCUT2D eigenvalue weighted by Crippen LogP contribution is 2.26. The quantitative estimate of drug-likeness (QED) is 0.589. The van der Waals surface area contributed by atoms with Gasteiger partial charge in [-0.25, -0.2) is 13.6 Å². The molecule has 0 atom stereocenters. The van der Waals surface area contributed by atoms with Crippen molar-refractivity contribution < 1.29 is 27.8 Å². The van der Waals surface area contributed by atoms with Gasteiger partial charge in [-0.2, -0.15) is 0 Å². The van der Waals surface area contributed by atoms with E-state index in [0.717, 1.165) is 26.3 Å². The van der Waals surface area contributed by atoms with Gasteiger partial charge in [0.05, 0.1) is 19.9 Å². The number of carbonyl (C=O) groups is 2. The predicted molar refractivity (Wildman–Crippen MR) is 58.3 cm³/mol. The molecule has 0 N–H and O–H groups in total. The molecule has 1 rings (SSSR count). The fourth-order valence-electron chi connectivity index (χ4n) is 1.27. The standard InChI is InChI=1S/C11H11F2NO4/c1-14(10(15)11(16)18-3)8-4-7(13)9(17-2)5-6(8)12/h4-5H,1-3H3. The van der Waals surface area contributed by atoms with Gasteiger partial charge >= 0.3 is 11.9 Å². The van der Waals surface area contributed by atoms with Crippen molar-refractivity contribution in [2.75, 3.05) is 26.2 Å². The molecule has 0 saturated carbocycles. The maximum absolute atomic E-state index is 13.6. The number of benzene rings is 1. The van der Waals surface area contributed by atoms with Crippen molar-refractivity contribution in [2.45, 2.75) is 0 Å². The van der Waals surface area contributed by atoms with E-state index in [1.807, 2.05) is 0 Å². The minimum atomic E-state index is -1.17. The van der Waals surface area contributed by atoms with E-state index in [0.29, 0.717) is 4.90 Å². The van der Waals surface area contributed by atoms with Crippen LogP contribution in [0, 0.1) is 11.6 Å². The number of rotatable bonds is 2. The number of methoxy groups -OCH3 is 2. The van der Waals surface area contributed by atoms with Crippen LogP contribution in [0.2, 0.25) is 0 Å². The summed E-state index contributed by atoms with van der Waals surface area (Å²) >= 11 is 0. The van der Waals surface area contributed by atoms with Crippen LogP contribution in [-0.4, -0.2) is 33.1 Å². The first-order chi connectivity index (χ1) is 8.42. The molecule has 0 aromatic heterocycles. The van der Waals surface area contributed by atoms with Gasteiger partial charge in [0.2, 0.25) is 0 Å². The lowest BCUT2D eigenvalue weighted by molar-refractivity contribution is -0.151. The van der Waals surface area contributed by atoms with E-state index in [1.165, 1.54) is 7.11 Å². The lowest BCUT2D eigenvalue weighted by Crippen LogP contribution is -2.34. The fraction of sp³-hybridized carbons (Fsp3) is 0.273. The molecule has 5 nitrogen and oxygen atoms in total. The van der Waals surface area contributed by atoms with Gasteiger partial charge in [-0.3, -0.25) is 4.79 Å². The lowest BCUT2D eigenvalue weighted by Gasteiger charge is -2.17. The number of esters is 1. The molecule has 0 spiro atoms. The third-order valence-corrected chi connectivity index (χ3v) is 2.25. The average molecular weight is 259 g/mol. The Labute approximate surface area is 102 Å². The highest BCUT2D eigenvalue weighted by Gasteiger charge is 2.24. The Morgan fingerprint density at radius 2 is 1.78 bits per heavy atom. The minimum absolute atomic E-state index is 0.296. The number of likely N-dealkylation sites (N-methyl/N-ethyl adjacent to an activating group) is 1. The first-order valence-corrected chi connectivity index (χ1v) is 4.81. The summed E-state index contributed by atoms with van der Waals surface area (Å²) in [5, 5.41) is 0. The molecule has 18 heavy (non-hydrogen) atoms. The Kier molecular flexibility index (Phi) is 4.19. The number of anilines is 1. The first-order valence-electron chi connectivity index (χ1n) is 4.81. The van der Waals surface area contributed by atoms with Crippen LogP contribution in [0.25, 0.3) is 0 Å². The van der Waals surface area contributed by atoms with Crippen LogP contribution >= 0.6 is 0 Å². The van der Waals surface area contributed by atoms with E-state index < -0.39 is 23.5 Å². The van der Waals surface area contributed by atoms with Crippen LogP contribution in [-0.2, 0) is 14.3 Å². The van der Waals surface area contributed by atoms with E-state index in [-0.39, 0.29) is 11.4 Å². The summed E-state index contributed by atoms with van der Waals surface area (Å²) in [6, 6.07) is 1.54. The molecule has 0 fully saturated rings. The van der Waals surface area contributed by atoms with Crippen LogP contribution in [0.15, 0.2) is 12.1 Å². The Balaban J connectivity index is 3.14. The molecular weight excluding hydrogens is 248 g/mol. The summed E-state index contributed by atoms with van der Waals surface area (Å²) in [4.78, 5) is 23.1. The van der Waals surface area contributed by atoms with Crippen molar-refractivity contribution in [1.82, 2.24) is 0 Å². The third kappa shape index (κ3) is 2.55. The summed E-state index contributed by atoms with van der Waals surface area (Å²) in [6.07, 6.45) is 0. The Bertz CT molecular complexity index is 490. The Morgan fingerprint density at radius 1 is 1.17 bits per heavy atom. The topological polar surface area (TPSA) is 55.8 Å². The van der Waals surface area contributed by atoms with Gasteiger partial charge in [-0.1, -0.05) is 0 Å². The van der Waals surface area contributed by atoms with Crippen molar-refractivity contribution in [1.29, 1.82) is 0 Å². The monoisotopic (exact) mass is 259 g/mol. The van der Waals surface area contributed by atoms with E-state index in [4.69, 9.17) is 0 Å².